The number of sulfone groups is 1. The fourth-order valence-corrected chi connectivity index (χ4v) is 9.43. The quantitative estimate of drug-likeness (QED) is 0.249. The third-order valence-electron chi connectivity index (χ3n) is 10.1. The van der Waals surface area contributed by atoms with Crippen LogP contribution in [-0.2, 0) is 29.0 Å². The molecule has 0 aromatic heterocycles. The minimum Gasteiger partial charge on any atom is -0.363 e. The zero-order valence-electron chi connectivity index (χ0n) is 26.4. The maximum absolute atomic E-state index is 14.2. The molecule has 2 saturated carbocycles. The number of nitrogens with zero attached hydrogens (tertiary/aromatic N) is 1. The molecule has 0 spiro atoms. The van der Waals surface area contributed by atoms with Crippen LogP contribution in [0.3, 0.4) is 0 Å². The van der Waals surface area contributed by atoms with Gasteiger partial charge in [0.25, 0.3) is 5.91 Å². The highest BCUT2D eigenvalue weighted by Crippen LogP contribution is 2.65. The Bertz CT molecular complexity index is 1270. The third-order valence-corrected chi connectivity index (χ3v) is 12.4. The summed E-state index contributed by atoms with van der Waals surface area (Å²) < 4.78 is 25.3. The Hall–Kier alpha value is -2.70. The predicted octanol–water partition coefficient (Wildman–Crippen LogP) is 1.12. The third kappa shape index (κ3) is 6.86. The number of carbonyl (C=O) groups is 5. The first-order valence-electron chi connectivity index (χ1n) is 15.5. The number of rotatable bonds is 11. The molecule has 4 fully saturated rings. The van der Waals surface area contributed by atoms with Crippen LogP contribution in [-0.4, -0.2) is 84.6 Å². The van der Waals surface area contributed by atoms with Gasteiger partial charge in [0.05, 0.1) is 17.0 Å². The van der Waals surface area contributed by atoms with Crippen molar-refractivity contribution in [1.82, 2.24) is 20.9 Å². The summed E-state index contributed by atoms with van der Waals surface area (Å²) in [4.78, 5) is 67.1. The molecule has 4 aliphatic rings. The smallest absolute Gasteiger partial charge is 0.315 e. The molecule has 0 aromatic carbocycles. The lowest BCUT2D eigenvalue weighted by molar-refractivity contribution is -0.145. The van der Waals surface area contributed by atoms with Gasteiger partial charge < -0.3 is 26.6 Å². The molecule has 242 valence electrons. The van der Waals surface area contributed by atoms with E-state index in [-0.39, 0.29) is 34.8 Å². The van der Waals surface area contributed by atoms with Crippen molar-refractivity contribution in [2.24, 2.45) is 40.2 Å². The first-order chi connectivity index (χ1) is 19.8. The summed E-state index contributed by atoms with van der Waals surface area (Å²) in [7, 11) is -3.33. The number of likely N-dealkylation sites (tertiary alicyclic amines) is 1. The summed E-state index contributed by atoms with van der Waals surface area (Å²) in [5, 5.41) is 7.71. The van der Waals surface area contributed by atoms with Crippen molar-refractivity contribution in [3.8, 4) is 0 Å². The van der Waals surface area contributed by atoms with Crippen LogP contribution in [0.2, 0.25) is 0 Å². The zero-order chi connectivity index (χ0) is 32.2. The van der Waals surface area contributed by atoms with Crippen LogP contribution >= 0.6 is 0 Å². The molecule has 2 aliphatic heterocycles. The Kier molecular flexibility index (Phi) is 9.01. The Balaban J connectivity index is 1.53. The minimum atomic E-state index is -3.33. The summed E-state index contributed by atoms with van der Waals surface area (Å²) in [6, 6.07) is -4.20. The van der Waals surface area contributed by atoms with Crippen LogP contribution in [0.1, 0.15) is 80.6 Å². The fraction of sp³-hybridized carbons (Fsp3) is 0.833. The molecule has 7 atom stereocenters. The second-order valence-corrected chi connectivity index (χ2v) is 17.4. The largest absolute Gasteiger partial charge is 0.363 e. The molecular formula is C30H49N5O7S. The van der Waals surface area contributed by atoms with Crippen LogP contribution < -0.4 is 21.7 Å². The monoisotopic (exact) mass is 623 g/mol. The number of piperidine rings is 1. The summed E-state index contributed by atoms with van der Waals surface area (Å²) in [5.41, 5.74) is 4.33. The lowest BCUT2D eigenvalue weighted by Gasteiger charge is -2.38. The van der Waals surface area contributed by atoms with Crippen LogP contribution in [0, 0.1) is 34.5 Å². The lowest BCUT2D eigenvalue weighted by Crippen LogP contribution is -2.62. The van der Waals surface area contributed by atoms with E-state index in [2.05, 4.69) is 16.0 Å². The molecule has 12 nitrogen and oxygen atoms in total. The first-order valence-corrected chi connectivity index (χ1v) is 17.2. The molecular weight excluding hydrogens is 574 g/mol. The molecule has 5 unspecified atom stereocenters. The van der Waals surface area contributed by atoms with Crippen molar-refractivity contribution < 1.29 is 32.4 Å². The number of hydrogen-bond acceptors (Lipinski definition) is 7. The number of carbonyl (C=O) groups excluding carboxylic acids is 5. The van der Waals surface area contributed by atoms with Crippen molar-refractivity contribution in [2.45, 2.75) is 110 Å². The van der Waals surface area contributed by atoms with E-state index >= 15 is 0 Å². The number of hydrogen-bond donors (Lipinski definition) is 4. The molecule has 5 amide bonds. The van der Waals surface area contributed by atoms with Gasteiger partial charge >= 0.3 is 6.03 Å². The van der Waals surface area contributed by atoms with Crippen molar-refractivity contribution in [1.29, 1.82) is 0 Å². The van der Waals surface area contributed by atoms with E-state index in [1.165, 1.54) is 4.90 Å². The average Bonchev–Trinajstić information content (AvgIpc) is 3.67. The normalized spacial score (nSPS) is 29.3. The van der Waals surface area contributed by atoms with Crippen molar-refractivity contribution in [3.63, 3.8) is 0 Å². The lowest BCUT2D eigenvalue weighted by atomic mass is 9.85. The van der Waals surface area contributed by atoms with E-state index in [1.54, 1.807) is 0 Å². The molecule has 2 saturated heterocycles. The summed E-state index contributed by atoms with van der Waals surface area (Å²) in [6.45, 7) is 13.5. The summed E-state index contributed by atoms with van der Waals surface area (Å²) in [5.74, 6) is -2.79. The number of Topliss-reactive ketones (excluding diaryl/α,β-unsaturated/α-hetero) is 1. The standard InChI is InChI=1S/C30H49N5O7S/c1-15(2)21(19-9-8-12-43(19,41)42)33-28(40)34-24(29(3,4)5)27(39)35-14-17-20(30(17,6)7)22(35)26(38)32-18(13-16-10-11-16)23(36)25(31)37/h15-22,24H,8-14H2,1-7H3,(H2,31,37)(H,32,38)(H2,33,34,40)/t17?,18?,19?,20?,21?,22-,24+/m0/s1. The second-order valence-electron chi connectivity index (χ2n) is 15.1. The molecule has 2 heterocycles. The Labute approximate surface area is 254 Å². The van der Waals surface area contributed by atoms with E-state index in [4.69, 9.17) is 5.73 Å². The molecule has 2 aliphatic carbocycles. The van der Waals surface area contributed by atoms with Gasteiger partial charge in [-0.05, 0) is 53.8 Å². The molecule has 13 heteroatoms. The second kappa shape index (κ2) is 11.7. The zero-order valence-corrected chi connectivity index (χ0v) is 27.3. The molecule has 0 bridgehead atoms. The van der Waals surface area contributed by atoms with Gasteiger partial charge in [-0.15, -0.1) is 0 Å². The molecule has 43 heavy (non-hydrogen) atoms. The van der Waals surface area contributed by atoms with E-state index in [0.29, 0.717) is 25.8 Å². The van der Waals surface area contributed by atoms with E-state index in [9.17, 15) is 32.4 Å². The van der Waals surface area contributed by atoms with Crippen LogP contribution in [0.5, 0.6) is 0 Å². The van der Waals surface area contributed by atoms with E-state index in [1.807, 2.05) is 48.5 Å². The van der Waals surface area contributed by atoms with Crippen molar-refractivity contribution in [2.75, 3.05) is 12.3 Å². The topological polar surface area (TPSA) is 185 Å². The Morgan fingerprint density at radius 1 is 1.00 bits per heavy atom. The van der Waals surface area contributed by atoms with Gasteiger partial charge in [0.2, 0.25) is 17.6 Å². The van der Waals surface area contributed by atoms with Gasteiger partial charge in [-0.2, -0.15) is 0 Å². The summed E-state index contributed by atoms with van der Waals surface area (Å²) in [6.07, 6.45) is 3.17. The van der Waals surface area contributed by atoms with Gasteiger partial charge in [-0.25, -0.2) is 13.2 Å². The Morgan fingerprint density at radius 2 is 1.63 bits per heavy atom. The maximum Gasteiger partial charge on any atom is 0.315 e. The van der Waals surface area contributed by atoms with Crippen LogP contribution in [0.15, 0.2) is 0 Å². The van der Waals surface area contributed by atoms with Crippen LogP contribution in [0.4, 0.5) is 4.79 Å². The number of amides is 5. The SMILES string of the molecule is CC(C)C(NC(=O)N[C@H](C(=O)N1CC2C([C@H]1C(=O)NC(CC1CC1)C(=O)C(N)=O)C2(C)C)C(C)(C)C)C1CCCS1(=O)=O. The highest BCUT2D eigenvalue weighted by molar-refractivity contribution is 7.92. The highest BCUT2D eigenvalue weighted by atomic mass is 32.2. The number of ketones is 1. The van der Waals surface area contributed by atoms with Gasteiger partial charge in [-0.1, -0.05) is 61.3 Å². The fourth-order valence-electron chi connectivity index (χ4n) is 7.21. The number of nitrogens with one attached hydrogen (secondary N) is 3. The van der Waals surface area contributed by atoms with Crippen molar-refractivity contribution >= 4 is 39.4 Å². The van der Waals surface area contributed by atoms with Gasteiger partial charge in [0.15, 0.2) is 9.84 Å². The molecule has 0 aromatic rings. The minimum absolute atomic E-state index is 0.0632. The number of urea groups is 1. The number of fused-ring (bicyclic) bond motifs is 1. The van der Waals surface area contributed by atoms with E-state index < -0.39 is 74.2 Å². The first kappa shape index (κ1) is 33.2. The number of primary amides is 1. The number of nitrogens with two attached hydrogens (primary N) is 1. The van der Waals surface area contributed by atoms with Gasteiger partial charge in [-0.3, -0.25) is 19.2 Å². The molecule has 4 rings (SSSR count). The van der Waals surface area contributed by atoms with E-state index in [0.717, 1.165) is 12.8 Å². The Morgan fingerprint density at radius 3 is 2.12 bits per heavy atom. The summed E-state index contributed by atoms with van der Waals surface area (Å²) >= 11 is 0. The van der Waals surface area contributed by atoms with Gasteiger partial charge in [0, 0.05) is 12.6 Å². The van der Waals surface area contributed by atoms with Crippen molar-refractivity contribution in [3.05, 3.63) is 0 Å². The average molecular weight is 624 g/mol. The maximum atomic E-state index is 14.2. The molecule has 5 N–H and O–H groups in total. The highest BCUT2D eigenvalue weighted by Gasteiger charge is 2.70. The van der Waals surface area contributed by atoms with Gasteiger partial charge in [0.1, 0.15) is 12.1 Å². The molecule has 0 radical (unpaired) electrons. The van der Waals surface area contributed by atoms with Crippen LogP contribution in [0.25, 0.3) is 0 Å². The predicted molar refractivity (Wildman–Crippen MR) is 160 cm³/mol.